The molecule has 17 heavy (non-hydrogen) atoms. The van der Waals surface area contributed by atoms with E-state index in [2.05, 4.69) is 19.2 Å². The van der Waals surface area contributed by atoms with Crippen molar-refractivity contribution in [2.24, 2.45) is 5.92 Å². The lowest BCUT2D eigenvalue weighted by Crippen LogP contribution is -2.52. The van der Waals surface area contributed by atoms with Gasteiger partial charge in [-0.25, -0.2) is 0 Å². The summed E-state index contributed by atoms with van der Waals surface area (Å²) >= 11 is 0. The molecule has 2 unspecified atom stereocenters. The van der Waals surface area contributed by atoms with Crippen LogP contribution in [0.25, 0.3) is 0 Å². The molecule has 96 valence electrons. The van der Waals surface area contributed by atoms with E-state index in [1.165, 1.54) is 4.90 Å². The predicted molar refractivity (Wildman–Crippen MR) is 63.0 cm³/mol. The summed E-state index contributed by atoms with van der Waals surface area (Å²) in [7, 11) is 0. The van der Waals surface area contributed by atoms with Gasteiger partial charge in [0, 0.05) is 13.0 Å². The van der Waals surface area contributed by atoms with Crippen LogP contribution in [-0.2, 0) is 14.4 Å². The molecule has 3 amide bonds. The molecule has 0 bridgehead atoms. The van der Waals surface area contributed by atoms with Crippen molar-refractivity contribution in [1.82, 2.24) is 10.2 Å². The molecule has 0 radical (unpaired) electrons. The number of hydrogen-bond donors (Lipinski definition) is 1. The summed E-state index contributed by atoms with van der Waals surface area (Å²) in [5.74, 6) is -0.230. The molecule has 5 nitrogen and oxygen atoms in total. The molecule has 0 aromatic rings. The number of rotatable bonds is 6. The van der Waals surface area contributed by atoms with Gasteiger partial charge in [0.25, 0.3) is 0 Å². The van der Waals surface area contributed by atoms with Crippen LogP contribution in [0.2, 0.25) is 0 Å². The molecule has 0 aromatic heterocycles. The normalized spacial score (nSPS) is 21.9. The fraction of sp³-hybridized carbons (Fsp3) is 0.750. The molecular weight excluding hydrogens is 220 g/mol. The number of carbonyl (C=O) groups excluding carboxylic acids is 3. The number of piperidine rings is 1. The Morgan fingerprint density at radius 3 is 2.76 bits per heavy atom. The van der Waals surface area contributed by atoms with Crippen molar-refractivity contribution in [2.45, 2.75) is 45.6 Å². The van der Waals surface area contributed by atoms with Crippen LogP contribution >= 0.6 is 0 Å². The molecule has 1 N–H and O–H groups in total. The Balaban J connectivity index is 2.57. The van der Waals surface area contributed by atoms with E-state index < -0.39 is 6.04 Å². The van der Waals surface area contributed by atoms with Crippen LogP contribution in [0.1, 0.15) is 39.5 Å². The second-order valence-electron chi connectivity index (χ2n) is 4.66. The van der Waals surface area contributed by atoms with Gasteiger partial charge in [-0.1, -0.05) is 20.3 Å². The van der Waals surface area contributed by atoms with Crippen LogP contribution in [0, 0.1) is 5.92 Å². The first-order valence-electron chi connectivity index (χ1n) is 6.13. The summed E-state index contributed by atoms with van der Waals surface area (Å²) in [6.07, 6.45) is 3.54. The van der Waals surface area contributed by atoms with Crippen molar-refractivity contribution in [2.75, 3.05) is 6.54 Å². The molecular formula is C12H20N2O3. The molecule has 0 aliphatic carbocycles. The van der Waals surface area contributed by atoms with Gasteiger partial charge in [0.1, 0.15) is 6.04 Å². The summed E-state index contributed by atoms with van der Waals surface area (Å²) in [6.45, 7) is 4.73. The second kappa shape index (κ2) is 6.37. The van der Waals surface area contributed by atoms with E-state index in [4.69, 9.17) is 0 Å². The van der Waals surface area contributed by atoms with Crippen molar-refractivity contribution in [3.8, 4) is 0 Å². The third-order valence-electron chi connectivity index (χ3n) is 3.05. The van der Waals surface area contributed by atoms with Crippen LogP contribution in [-0.4, -0.2) is 35.7 Å². The monoisotopic (exact) mass is 240 g/mol. The average molecular weight is 240 g/mol. The van der Waals surface area contributed by atoms with E-state index in [1.54, 1.807) is 0 Å². The maximum absolute atomic E-state index is 11.6. The Morgan fingerprint density at radius 2 is 2.24 bits per heavy atom. The van der Waals surface area contributed by atoms with E-state index in [9.17, 15) is 14.4 Å². The summed E-state index contributed by atoms with van der Waals surface area (Å²) in [6, 6.07) is -0.482. The van der Waals surface area contributed by atoms with E-state index in [0.29, 0.717) is 31.7 Å². The predicted octanol–water partition coefficient (Wildman–Crippen LogP) is 0.686. The van der Waals surface area contributed by atoms with Crippen LogP contribution in [0.3, 0.4) is 0 Å². The highest BCUT2D eigenvalue weighted by atomic mass is 16.2. The van der Waals surface area contributed by atoms with Gasteiger partial charge in [-0.05, 0) is 18.8 Å². The molecule has 0 aromatic carbocycles. The minimum atomic E-state index is -0.482. The molecule has 2 atom stereocenters. The fourth-order valence-electron chi connectivity index (χ4n) is 2.19. The Kier molecular flexibility index (Phi) is 5.12. The topological polar surface area (TPSA) is 66.5 Å². The smallest absolute Gasteiger partial charge is 0.249 e. The third kappa shape index (κ3) is 3.84. The standard InChI is InChI=1S/C12H20N2O3/c1-3-4-9(2)7-14(8-15)10-5-6-11(16)13-12(10)17/h8-10H,3-7H2,1-2H3,(H,13,16,17). The van der Waals surface area contributed by atoms with Crippen LogP contribution < -0.4 is 5.32 Å². The minimum absolute atomic E-state index is 0.251. The van der Waals surface area contributed by atoms with Gasteiger partial charge in [0.05, 0.1) is 0 Å². The molecule has 1 aliphatic rings. The second-order valence-corrected chi connectivity index (χ2v) is 4.66. The number of amides is 3. The molecule has 1 heterocycles. The quantitative estimate of drug-likeness (QED) is 0.548. The van der Waals surface area contributed by atoms with E-state index in [-0.39, 0.29) is 11.8 Å². The number of carbonyl (C=O) groups is 3. The highest BCUT2D eigenvalue weighted by Gasteiger charge is 2.31. The fourth-order valence-corrected chi connectivity index (χ4v) is 2.19. The Labute approximate surface area is 102 Å². The van der Waals surface area contributed by atoms with Gasteiger partial charge < -0.3 is 4.90 Å². The number of nitrogens with one attached hydrogen (secondary N) is 1. The Hall–Kier alpha value is -1.39. The van der Waals surface area contributed by atoms with Crippen molar-refractivity contribution in [3.05, 3.63) is 0 Å². The summed E-state index contributed by atoms with van der Waals surface area (Å²) in [4.78, 5) is 35.2. The van der Waals surface area contributed by atoms with Crippen LogP contribution in [0.5, 0.6) is 0 Å². The molecule has 1 saturated heterocycles. The van der Waals surface area contributed by atoms with Gasteiger partial charge >= 0.3 is 0 Å². The lowest BCUT2D eigenvalue weighted by molar-refractivity contribution is -0.141. The van der Waals surface area contributed by atoms with Crippen LogP contribution in [0.4, 0.5) is 0 Å². The van der Waals surface area contributed by atoms with Gasteiger partial charge in [-0.3, -0.25) is 19.7 Å². The lowest BCUT2D eigenvalue weighted by atomic mass is 10.0. The first kappa shape index (κ1) is 13.7. The van der Waals surface area contributed by atoms with E-state index >= 15 is 0 Å². The van der Waals surface area contributed by atoms with Gasteiger partial charge in [-0.15, -0.1) is 0 Å². The lowest BCUT2D eigenvalue weighted by Gasteiger charge is -2.31. The number of imide groups is 1. The molecule has 5 heteroatoms. The van der Waals surface area contributed by atoms with Crippen molar-refractivity contribution < 1.29 is 14.4 Å². The largest absolute Gasteiger partial charge is 0.333 e. The summed E-state index contributed by atoms with van der Waals surface area (Å²) in [5.41, 5.74) is 0. The third-order valence-corrected chi connectivity index (χ3v) is 3.05. The van der Waals surface area contributed by atoms with Crippen molar-refractivity contribution >= 4 is 18.2 Å². The van der Waals surface area contributed by atoms with E-state index in [1.807, 2.05) is 0 Å². The highest BCUT2D eigenvalue weighted by molar-refractivity contribution is 6.00. The number of hydrogen-bond acceptors (Lipinski definition) is 3. The first-order chi connectivity index (χ1) is 8.08. The first-order valence-corrected chi connectivity index (χ1v) is 6.13. The molecule has 0 spiro atoms. The minimum Gasteiger partial charge on any atom is -0.333 e. The molecule has 1 rings (SSSR count). The van der Waals surface area contributed by atoms with Gasteiger partial charge in [0.15, 0.2) is 0 Å². The van der Waals surface area contributed by atoms with Gasteiger partial charge in [-0.2, -0.15) is 0 Å². The Morgan fingerprint density at radius 1 is 1.53 bits per heavy atom. The molecule has 0 saturated carbocycles. The van der Waals surface area contributed by atoms with Crippen LogP contribution in [0.15, 0.2) is 0 Å². The zero-order chi connectivity index (χ0) is 12.8. The maximum Gasteiger partial charge on any atom is 0.249 e. The number of nitrogens with zero attached hydrogens (tertiary/aromatic N) is 1. The van der Waals surface area contributed by atoms with Crippen molar-refractivity contribution in [1.29, 1.82) is 0 Å². The zero-order valence-electron chi connectivity index (χ0n) is 10.4. The SMILES string of the molecule is CCCC(C)CN(C=O)C1CCC(=O)NC1=O. The van der Waals surface area contributed by atoms with Gasteiger partial charge in [0.2, 0.25) is 18.2 Å². The average Bonchev–Trinajstić information content (AvgIpc) is 2.27. The molecule has 1 aliphatic heterocycles. The summed E-state index contributed by atoms with van der Waals surface area (Å²) < 4.78 is 0. The zero-order valence-corrected chi connectivity index (χ0v) is 10.4. The molecule has 1 fully saturated rings. The maximum atomic E-state index is 11.6. The highest BCUT2D eigenvalue weighted by Crippen LogP contribution is 2.14. The Bertz CT molecular complexity index is 304. The van der Waals surface area contributed by atoms with Crippen molar-refractivity contribution in [3.63, 3.8) is 0 Å². The summed E-state index contributed by atoms with van der Waals surface area (Å²) in [5, 5.41) is 2.27. The van der Waals surface area contributed by atoms with E-state index in [0.717, 1.165) is 12.8 Å².